The van der Waals surface area contributed by atoms with Gasteiger partial charge in [-0.05, 0) is 0 Å². The van der Waals surface area contributed by atoms with Crippen LogP contribution in [0.1, 0.15) is 60.0 Å². The van der Waals surface area contributed by atoms with E-state index in [2.05, 4.69) is 19.1 Å². The second-order valence-electron chi connectivity index (χ2n) is 10.4. The molecule has 2 aromatic carbocycles. The Labute approximate surface area is 208 Å². The van der Waals surface area contributed by atoms with E-state index in [4.69, 9.17) is 14.2 Å². The van der Waals surface area contributed by atoms with E-state index in [1.54, 1.807) is 19.2 Å². The fourth-order valence-corrected chi connectivity index (χ4v) is 8.78. The van der Waals surface area contributed by atoms with E-state index in [9.17, 15) is 9.90 Å². The second kappa shape index (κ2) is 10.0. The molecule has 0 atom stereocenters. The van der Waals surface area contributed by atoms with E-state index in [1.165, 1.54) is 58.6 Å². The number of aryl methyl sites for hydroxylation is 1. The van der Waals surface area contributed by atoms with Crippen LogP contribution in [0.2, 0.25) is 0 Å². The van der Waals surface area contributed by atoms with Crippen molar-refractivity contribution < 1.29 is 24.1 Å². The number of hydrogen-bond donors (Lipinski definition) is 1. The van der Waals surface area contributed by atoms with Crippen LogP contribution in [-0.2, 0) is 14.9 Å². The number of benzene rings is 2. The van der Waals surface area contributed by atoms with E-state index >= 15 is 0 Å². The monoisotopic (exact) mass is 530 g/mol. The first kappa shape index (κ1) is 23.9. The third-order valence-electron chi connectivity index (χ3n) is 7.95. The van der Waals surface area contributed by atoms with Crippen molar-refractivity contribution in [1.29, 1.82) is 0 Å². The molecular formula is C28H34O5Se. The molecule has 4 saturated carbocycles. The van der Waals surface area contributed by atoms with Crippen molar-refractivity contribution in [3.05, 3.63) is 53.1 Å². The van der Waals surface area contributed by atoms with Gasteiger partial charge in [0.05, 0.1) is 0 Å². The number of carboxylic acids is 1. The van der Waals surface area contributed by atoms with E-state index in [0.29, 0.717) is 18.8 Å². The van der Waals surface area contributed by atoms with Crippen LogP contribution < -0.4 is 13.7 Å². The number of carbonyl (C=O) groups is 1. The fourth-order valence-electron chi connectivity index (χ4n) is 6.84. The number of aromatic carboxylic acids is 1. The average molecular weight is 530 g/mol. The Morgan fingerprint density at radius 1 is 1.03 bits per heavy atom. The number of carboxylic acid groups (broad SMARTS) is 1. The van der Waals surface area contributed by atoms with Gasteiger partial charge < -0.3 is 0 Å². The minimum absolute atomic E-state index is 0.103. The Balaban J connectivity index is 1.45. The van der Waals surface area contributed by atoms with Crippen molar-refractivity contribution in [3.63, 3.8) is 0 Å². The number of hydrogen-bond acceptors (Lipinski definition) is 4. The van der Waals surface area contributed by atoms with Crippen molar-refractivity contribution in [1.82, 2.24) is 0 Å². The molecule has 0 heterocycles. The van der Waals surface area contributed by atoms with Crippen molar-refractivity contribution in [3.8, 4) is 5.75 Å². The summed E-state index contributed by atoms with van der Waals surface area (Å²) in [6.07, 6.45) is 8.07. The van der Waals surface area contributed by atoms with Crippen LogP contribution in [0.3, 0.4) is 0 Å². The van der Waals surface area contributed by atoms with Crippen LogP contribution in [0.5, 0.6) is 5.75 Å². The van der Waals surface area contributed by atoms with Crippen LogP contribution in [-0.4, -0.2) is 53.1 Å². The molecule has 0 spiro atoms. The Bertz CT molecular complexity index is 997. The molecule has 0 amide bonds. The summed E-state index contributed by atoms with van der Waals surface area (Å²) in [7, 11) is 1.68. The van der Waals surface area contributed by atoms with Gasteiger partial charge in [-0.3, -0.25) is 0 Å². The summed E-state index contributed by atoms with van der Waals surface area (Å²) in [6.45, 7) is 3.48. The summed E-state index contributed by atoms with van der Waals surface area (Å²) >= 11 is 0.103. The Morgan fingerprint density at radius 3 is 2.26 bits per heavy atom. The molecule has 0 unspecified atom stereocenters. The molecule has 4 aliphatic rings. The molecule has 1 N–H and O–H groups in total. The third kappa shape index (κ3) is 4.92. The van der Waals surface area contributed by atoms with Gasteiger partial charge in [0, 0.05) is 0 Å². The van der Waals surface area contributed by atoms with Gasteiger partial charge in [-0.25, -0.2) is 0 Å². The first-order valence-electron chi connectivity index (χ1n) is 12.3. The summed E-state index contributed by atoms with van der Waals surface area (Å²) in [4.78, 5) is 11.2. The van der Waals surface area contributed by atoms with Gasteiger partial charge in [-0.15, -0.1) is 0 Å². The van der Waals surface area contributed by atoms with E-state index in [-0.39, 0.29) is 27.2 Å². The van der Waals surface area contributed by atoms with Crippen molar-refractivity contribution >= 4 is 29.8 Å². The summed E-state index contributed by atoms with van der Waals surface area (Å²) in [5, 5.41) is 9.22. The normalized spacial score (nSPS) is 27.2. The zero-order chi connectivity index (χ0) is 23.7. The van der Waals surface area contributed by atoms with E-state index in [1.807, 2.05) is 12.1 Å². The molecule has 182 valence electrons. The van der Waals surface area contributed by atoms with Crippen molar-refractivity contribution in [2.75, 3.05) is 27.1 Å². The quantitative estimate of drug-likeness (QED) is 0.288. The first-order valence-corrected chi connectivity index (χ1v) is 14.0. The molecule has 34 heavy (non-hydrogen) atoms. The van der Waals surface area contributed by atoms with Gasteiger partial charge in [0.2, 0.25) is 0 Å². The standard InChI is InChI=1S/C28H34O5Se/c1-18-9-25(33-17-32-8-7-31-2)24(28-14-19-10-20(15-28)12-21(11-19)16-28)13-26(18)34-23-5-3-22(4-6-23)27(29)30/h3-6,9,13,19-21H,7-8,10-12,14-17H2,1-2H3,(H,29,30). The summed E-state index contributed by atoms with van der Waals surface area (Å²) in [5.74, 6) is 2.67. The summed E-state index contributed by atoms with van der Waals surface area (Å²) in [5.41, 5.74) is 3.17. The maximum absolute atomic E-state index is 11.2. The SMILES string of the molecule is COCCOCOc1cc(C)c([Se]c2ccc(C(=O)O)cc2)cc1C12CC3CC(CC(C3)C1)C2. The zero-order valence-electron chi connectivity index (χ0n) is 20.0. The molecule has 6 heteroatoms. The molecule has 0 aromatic heterocycles. The first-order chi connectivity index (χ1) is 16.5. The van der Waals surface area contributed by atoms with Crippen molar-refractivity contribution in [2.24, 2.45) is 17.8 Å². The molecule has 0 radical (unpaired) electrons. The number of rotatable bonds is 10. The Morgan fingerprint density at radius 2 is 1.68 bits per heavy atom. The van der Waals surface area contributed by atoms with Crippen LogP contribution in [0.25, 0.3) is 0 Å². The molecule has 0 saturated heterocycles. The van der Waals surface area contributed by atoms with Gasteiger partial charge in [0.25, 0.3) is 0 Å². The number of ether oxygens (including phenoxy) is 3. The maximum atomic E-state index is 11.2. The van der Waals surface area contributed by atoms with Gasteiger partial charge in [-0.1, -0.05) is 0 Å². The molecule has 2 aromatic rings. The van der Waals surface area contributed by atoms with Crippen LogP contribution in [0.15, 0.2) is 36.4 Å². The van der Waals surface area contributed by atoms with Crippen molar-refractivity contribution in [2.45, 2.75) is 50.9 Å². The van der Waals surface area contributed by atoms with E-state index in [0.717, 1.165) is 23.5 Å². The molecule has 4 bridgehead atoms. The second-order valence-corrected chi connectivity index (χ2v) is 12.7. The Kier molecular flexibility index (Phi) is 7.04. The topological polar surface area (TPSA) is 65.0 Å². The Hall–Kier alpha value is -1.85. The molecule has 5 nitrogen and oxygen atoms in total. The van der Waals surface area contributed by atoms with E-state index < -0.39 is 5.97 Å². The summed E-state index contributed by atoms with van der Waals surface area (Å²) in [6, 6.07) is 12.0. The fraction of sp³-hybridized carbons (Fsp3) is 0.536. The van der Waals surface area contributed by atoms with Gasteiger partial charge in [0.1, 0.15) is 0 Å². The molecule has 6 rings (SSSR count). The molecule has 0 aliphatic heterocycles. The number of methoxy groups -OCH3 is 1. The summed E-state index contributed by atoms with van der Waals surface area (Å²) < 4.78 is 19.5. The predicted octanol–water partition coefficient (Wildman–Crippen LogP) is 3.82. The molecule has 4 aliphatic carbocycles. The third-order valence-corrected chi connectivity index (χ3v) is 10.4. The molecular weight excluding hydrogens is 495 g/mol. The van der Waals surface area contributed by atoms with Gasteiger partial charge in [-0.2, -0.15) is 0 Å². The predicted molar refractivity (Wildman–Crippen MR) is 133 cm³/mol. The van der Waals surface area contributed by atoms with Crippen LogP contribution in [0, 0.1) is 24.7 Å². The zero-order valence-corrected chi connectivity index (χ0v) is 21.8. The minimum atomic E-state index is -0.881. The van der Waals surface area contributed by atoms with Gasteiger partial charge >= 0.3 is 209 Å². The van der Waals surface area contributed by atoms with Gasteiger partial charge in [0.15, 0.2) is 0 Å². The molecule has 4 fully saturated rings. The van der Waals surface area contributed by atoms with Crippen LogP contribution in [0.4, 0.5) is 0 Å². The van der Waals surface area contributed by atoms with Crippen LogP contribution >= 0.6 is 0 Å². The average Bonchev–Trinajstić information content (AvgIpc) is 2.80.